The number of ether oxygens (including phenoxy) is 2. The highest BCUT2D eigenvalue weighted by atomic mass is 32.2. The van der Waals surface area contributed by atoms with E-state index >= 15 is 0 Å². The number of aromatic amines is 1. The number of nitrogens with one attached hydrogen (secondary N) is 2. The minimum atomic E-state index is -0.135. The van der Waals surface area contributed by atoms with Crippen LogP contribution in [0, 0.1) is 0 Å². The van der Waals surface area contributed by atoms with Crippen LogP contribution in [0.1, 0.15) is 16.8 Å². The van der Waals surface area contributed by atoms with Gasteiger partial charge in [0.25, 0.3) is 5.56 Å². The molecule has 0 aliphatic rings. The summed E-state index contributed by atoms with van der Waals surface area (Å²) in [5, 5.41) is 3.15. The number of nitrogens with zero attached hydrogens (tertiary/aromatic N) is 2. The number of anilines is 1. The van der Waals surface area contributed by atoms with E-state index in [4.69, 9.17) is 9.47 Å². The van der Waals surface area contributed by atoms with Crippen LogP contribution in [0.25, 0.3) is 0 Å². The largest absolute Gasteiger partial charge is 0.497 e. The summed E-state index contributed by atoms with van der Waals surface area (Å²) in [6, 6.07) is 11.4. The van der Waals surface area contributed by atoms with E-state index in [1.54, 1.807) is 38.4 Å². The first kappa shape index (κ1) is 20.7. The van der Waals surface area contributed by atoms with Gasteiger partial charge in [-0.1, -0.05) is 12.1 Å². The van der Waals surface area contributed by atoms with Crippen molar-refractivity contribution >= 4 is 17.7 Å². The second-order valence-electron chi connectivity index (χ2n) is 6.24. The lowest BCUT2D eigenvalue weighted by Gasteiger charge is -2.08. The van der Waals surface area contributed by atoms with Gasteiger partial charge in [-0.15, -0.1) is 0 Å². The third-order valence-corrected chi connectivity index (χ3v) is 5.24. The molecule has 3 rings (SSSR count). The van der Waals surface area contributed by atoms with Crippen molar-refractivity contribution in [2.24, 2.45) is 0 Å². The van der Waals surface area contributed by atoms with Crippen LogP contribution >= 0.6 is 11.8 Å². The Morgan fingerprint density at radius 1 is 1.10 bits per heavy atom. The van der Waals surface area contributed by atoms with Gasteiger partial charge in [0.1, 0.15) is 11.5 Å². The minimum Gasteiger partial charge on any atom is -0.497 e. The van der Waals surface area contributed by atoms with E-state index in [1.165, 1.54) is 0 Å². The number of benzene rings is 1. The van der Waals surface area contributed by atoms with Crippen molar-refractivity contribution in [2.75, 3.05) is 31.8 Å². The van der Waals surface area contributed by atoms with Crippen molar-refractivity contribution in [3.05, 3.63) is 76.0 Å². The molecule has 0 unspecified atom stereocenters. The summed E-state index contributed by atoms with van der Waals surface area (Å²) in [5.74, 6) is 3.67. The fourth-order valence-electron chi connectivity index (χ4n) is 2.73. The van der Waals surface area contributed by atoms with E-state index in [2.05, 4.69) is 20.3 Å². The predicted octanol–water partition coefficient (Wildman–Crippen LogP) is 3.12. The van der Waals surface area contributed by atoms with Crippen LogP contribution in [-0.2, 0) is 12.2 Å². The number of thioether (sulfide) groups is 1. The number of hydrogen-bond donors (Lipinski definition) is 2. The van der Waals surface area contributed by atoms with Crippen molar-refractivity contribution in [3.8, 4) is 11.5 Å². The van der Waals surface area contributed by atoms with Crippen LogP contribution < -0.4 is 20.3 Å². The van der Waals surface area contributed by atoms with Crippen LogP contribution in [-0.4, -0.2) is 41.5 Å². The third-order valence-electron chi connectivity index (χ3n) is 4.27. The minimum absolute atomic E-state index is 0.135. The monoisotopic (exact) mass is 412 g/mol. The smallest absolute Gasteiger partial charge is 0.255 e. The Labute approximate surface area is 173 Å². The lowest BCUT2D eigenvalue weighted by atomic mass is 10.1. The maximum atomic E-state index is 12.3. The number of aromatic nitrogens is 3. The molecule has 8 heteroatoms. The van der Waals surface area contributed by atoms with E-state index < -0.39 is 0 Å². The molecule has 0 aliphatic heterocycles. The standard InChI is InChI=1S/C21H24N4O3S/c1-27-17-7-5-15(6-8-17)12-16-13-24-21(25-20(16)26)23-10-11-29-14-18-19(28-2)4-3-9-22-18/h3-9,13H,10-12,14H2,1-2H3,(H2,23,24,25,26). The van der Waals surface area contributed by atoms with Crippen LogP contribution in [0.2, 0.25) is 0 Å². The number of methoxy groups -OCH3 is 2. The number of H-pyrrole nitrogens is 1. The van der Waals surface area contributed by atoms with Gasteiger partial charge in [-0.25, -0.2) is 4.98 Å². The molecule has 0 fully saturated rings. The molecule has 2 heterocycles. The topological polar surface area (TPSA) is 89.1 Å². The summed E-state index contributed by atoms with van der Waals surface area (Å²) in [6.45, 7) is 0.681. The SMILES string of the molecule is COc1ccc(Cc2cnc(NCCSCc3ncccc3OC)[nH]c2=O)cc1. The van der Waals surface area contributed by atoms with Gasteiger partial charge in [0, 0.05) is 42.4 Å². The molecule has 0 atom stereocenters. The summed E-state index contributed by atoms with van der Waals surface area (Å²) in [6.07, 6.45) is 3.91. The van der Waals surface area contributed by atoms with Crippen LogP contribution in [0.3, 0.4) is 0 Å². The number of rotatable bonds is 10. The maximum Gasteiger partial charge on any atom is 0.255 e. The average molecular weight is 413 g/mol. The average Bonchev–Trinajstić information content (AvgIpc) is 2.76. The Morgan fingerprint density at radius 2 is 1.93 bits per heavy atom. The number of pyridine rings is 1. The quantitative estimate of drug-likeness (QED) is 0.495. The van der Waals surface area contributed by atoms with Gasteiger partial charge in [0.2, 0.25) is 5.95 Å². The fourth-order valence-corrected chi connectivity index (χ4v) is 3.53. The molecule has 0 bridgehead atoms. The summed E-state index contributed by atoms with van der Waals surface area (Å²) < 4.78 is 10.5. The highest BCUT2D eigenvalue weighted by Crippen LogP contribution is 2.20. The zero-order valence-corrected chi connectivity index (χ0v) is 17.3. The van der Waals surface area contributed by atoms with E-state index in [0.29, 0.717) is 24.5 Å². The van der Waals surface area contributed by atoms with Gasteiger partial charge < -0.3 is 14.8 Å². The van der Waals surface area contributed by atoms with Crippen LogP contribution in [0.4, 0.5) is 5.95 Å². The molecule has 7 nitrogen and oxygen atoms in total. The lowest BCUT2D eigenvalue weighted by molar-refractivity contribution is 0.409. The lowest BCUT2D eigenvalue weighted by Crippen LogP contribution is -2.18. The Balaban J connectivity index is 1.47. The first-order valence-electron chi connectivity index (χ1n) is 9.20. The van der Waals surface area contributed by atoms with Crippen molar-refractivity contribution in [1.82, 2.24) is 15.0 Å². The zero-order chi connectivity index (χ0) is 20.5. The van der Waals surface area contributed by atoms with Crippen LogP contribution in [0.15, 0.2) is 53.6 Å². The molecule has 29 heavy (non-hydrogen) atoms. The molecule has 0 aliphatic carbocycles. The summed E-state index contributed by atoms with van der Waals surface area (Å²) >= 11 is 1.73. The first-order chi connectivity index (χ1) is 14.2. The number of hydrogen-bond acceptors (Lipinski definition) is 7. The molecule has 0 saturated heterocycles. The Morgan fingerprint density at radius 3 is 2.66 bits per heavy atom. The second-order valence-corrected chi connectivity index (χ2v) is 7.35. The van der Waals surface area contributed by atoms with Gasteiger partial charge in [-0.2, -0.15) is 11.8 Å². The van der Waals surface area contributed by atoms with Crippen molar-refractivity contribution < 1.29 is 9.47 Å². The Bertz CT molecular complexity index is 976. The molecule has 0 spiro atoms. The molecular weight excluding hydrogens is 388 g/mol. The summed E-state index contributed by atoms with van der Waals surface area (Å²) in [7, 11) is 3.27. The molecular formula is C21H24N4O3S. The van der Waals surface area contributed by atoms with Gasteiger partial charge in [0.05, 0.1) is 19.9 Å². The van der Waals surface area contributed by atoms with Gasteiger partial charge in [-0.3, -0.25) is 14.8 Å². The summed E-state index contributed by atoms with van der Waals surface area (Å²) in [5.41, 5.74) is 2.44. The molecule has 152 valence electrons. The highest BCUT2D eigenvalue weighted by molar-refractivity contribution is 7.98. The molecule has 0 saturated carbocycles. The molecule has 0 radical (unpaired) electrons. The van der Waals surface area contributed by atoms with Crippen molar-refractivity contribution in [3.63, 3.8) is 0 Å². The highest BCUT2D eigenvalue weighted by Gasteiger charge is 2.06. The van der Waals surface area contributed by atoms with E-state index in [1.807, 2.05) is 36.4 Å². The molecule has 3 aromatic rings. The molecule has 2 N–H and O–H groups in total. The maximum absolute atomic E-state index is 12.3. The Kier molecular flexibility index (Phi) is 7.52. The van der Waals surface area contributed by atoms with E-state index in [0.717, 1.165) is 34.3 Å². The third kappa shape index (κ3) is 5.99. The zero-order valence-electron chi connectivity index (χ0n) is 16.5. The molecule has 1 aromatic carbocycles. The van der Waals surface area contributed by atoms with Gasteiger partial charge >= 0.3 is 0 Å². The first-order valence-corrected chi connectivity index (χ1v) is 10.4. The molecule has 2 aromatic heterocycles. The van der Waals surface area contributed by atoms with Gasteiger partial charge in [-0.05, 0) is 29.8 Å². The van der Waals surface area contributed by atoms with Crippen LogP contribution in [0.5, 0.6) is 11.5 Å². The van der Waals surface area contributed by atoms with E-state index in [9.17, 15) is 4.79 Å². The Hall–Kier alpha value is -3.00. The molecule has 0 amide bonds. The normalized spacial score (nSPS) is 10.6. The van der Waals surface area contributed by atoms with Crippen molar-refractivity contribution in [1.29, 1.82) is 0 Å². The summed E-state index contributed by atoms with van der Waals surface area (Å²) in [4.78, 5) is 23.8. The predicted molar refractivity (Wildman–Crippen MR) is 116 cm³/mol. The fraction of sp³-hybridized carbons (Fsp3) is 0.286. The second kappa shape index (κ2) is 10.5. The van der Waals surface area contributed by atoms with E-state index in [-0.39, 0.29) is 5.56 Å². The van der Waals surface area contributed by atoms with Gasteiger partial charge in [0.15, 0.2) is 0 Å². The van der Waals surface area contributed by atoms with Crippen molar-refractivity contribution in [2.45, 2.75) is 12.2 Å².